The zero-order valence-electron chi connectivity index (χ0n) is 14.6. The molecule has 0 saturated heterocycles. The van der Waals surface area contributed by atoms with Crippen LogP contribution in [0.15, 0.2) is 24.3 Å². The smallest absolute Gasteiger partial charge is 0.223 e. The second-order valence-electron chi connectivity index (χ2n) is 7.45. The highest BCUT2D eigenvalue weighted by Gasteiger charge is 2.28. The van der Waals surface area contributed by atoms with Crippen LogP contribution < -0.4 is 11.1 Å². The molecule has 0 spiro atoms. The molecule has 1 amide bonds. The van der Waals surface area contributed by atoms with Gasteiger partial charge >= 0.3 is 0 Å². The number of aromatic amines is 1. The van der Waals surface area contributed by atoms with Crippen molar-refractivity contribution in [1.82, 2.24) is 15.3 Å². The maximum absolute atomic E-state index is 12.7. The second kappa shape index (κ2) is 7.34. The van der Waals surface area contributed by atoms with Gasteiger partial charge in [-0.1, -0.05) is 32.4 Å². The maximum atomic E-state index is 12.7. The van der Waals surface area contributed by atoms with E-state index in [0.717, 1.165) is 49.0 Å². The average molecular weight is 328 g/mol. The van der Waals surface area contributed by atoms with Crippen molar-refractivity contribution >= 4 is 16.9 Å². The van der Waals surface area contributed by atoms with Gasteiger partial charge in [-0.05, 0) is 43.7 Å². The molecule has 0 radical (unpaired) electrons. The molecule has 3 rings (SSSR count). The van der Waals surface area contributed by atoms with Crippen molar-refractivity contribution in [2.45, 2.75) is 58.0 Å². The van der Waals surface area contributed by atoms with Gasteiger partial charge in [0.15, 0.2) is 0 Å². The number of rotatable bonds is 5. The Morgan fingerprint density at radius 3 is 2.88 bits per heavy atom. The Hall–Kier alpha value is -1.88. The highest BCUT2D eigenvalue weighted by atomic mass is 16.1. The van der Waals surface area contributed by atoms with Gasteiger partial charge in [0.1, 0.15) is 5.82 Å². The molecule has 0 bridgehead atoms. The van der Waals surface area contributed by atoms with Crippen LogP contribution in [0.1, 0.15) is 57.8 Å². The van der Waals surface area contributed by atoms with Crippen LogP contribution in [0, 0.1) is 11.8 Å². The molecule has 5 heteroatoms. The summed E-state index contributed by atoms with van der Waals surface area (Å²) in [4.78, 5) is 20.8. The number of nitrogens with one attached hydrogen (secondary N) is 2. The molecule has 3 atom stereocenters. The first-order chi connectivity index (χ1) is 11.5. The monoisotopic (exact) mass is 328 g/mol. The van der Waals surface area contributed by atoms with Crippen molar-refractivity contribution in [3.8, 4) is 0 Å². The number of H-pyrrole nitrogens is 1. The molecule has 1 aliphatic rings. The number of carbonyl (C=O) groups excluding carboxylic acids is 1. The Bertz CT molecular complexity index is 660. The van der Waals surface area contributed by atoms with E-state index in [1.807, 2.05) is 24.3 Å². The summed E-state index contributed by atoms with van der Waals surface area (Å²) in [5, 5.41) is 3.23. The van der Waals surface area contributed by atoms with Crippen molar-refractivity contribution in [3.63, 3.8) is 0 Å². The number of nitrogens with two attached hydrogens (primary N) is 1. The van der Waals surface area contributed by atoms with E-state index in [2.05, 4.69) is 29.1 Å². The lowest BCUT2D eigenvalue weighted by Crippen LogP contribution is -2.39. The van der Waals surface area contributed by atoms with Crippen molar-refractivity contribution in [1.29, 1.82) is 0 Å². The summed E-state index contributed by atoms with van der Waals surface area (Å²) in [6.07, 6.45) is 4.67. The molecule has 1 fully saturated rings. The quantitative estimate of drug-likeness (QED) is 0.787. The number of imidazole rings is 1. The second-order valence-corrected chi connectivity index (χ2v) is 7.45. The van der Waals surface area contributed by atoms with Crippen LogP contribution in [0.2, 0.25) is 0 Å². The van der Waals surface area contributed by atoms with Gasteiger partial charge in [-0.15, -0.1) is 0 Å². The fourth-order valence-corrected chi connectivity index (χ4v) is 3.60. The molecule has 1 saturated carbocycles. The minimum absolute atomic E-state index is 0.0350. The first-order valence-electron chi connectivity index (χ1n) is 9.03. The third-order valence-corrected chi connectivity index (χ3v) is 4.85. The summed E-state index contributed by atoms with van der Waals surface area (Å²) < 4.78 is 0. The highest BCUT2D eigenvalue weighted by Crippen LogP contribution is 2.26. The molecule has 4 N–H and O–H groups in total. The first kappa shape index (κ1) is 17.0. The fourth-order valence-electron chi connectivity index (χ4n) is 3.60. The molecule has 2 aromatic rings. The standard InChI is InChI=1S/C19H28N4O/c1-12(2)10-17(18-21-15-8-3-4-9-16(15)22-18)23-19(24)13-6-5-7-14(20)11-13/h3-4,8-9,12-14,17H,5-7,10-11,20H2,1-2H3,(H,21,22)(H,23,24). The van der Waals surface area contributed by atoms with Crippen LogP contribution in [0.5, 0.6) is 0 Å². The number of amides is 1. The molecular formula is C19H28N4O. The maximum Gasteiger partial charge on any atom is 0.223 e. The van der Waals surface area contributed by atoms with E-state index in [1.165, 1.54) is 0 Å². The summed E-state index contributed by atoms with van der Waals surface area (Å²) in [5.74, 6) is 1.47. The van der Waals surface area contributed by atoms with Crippen molar-refractivity contribution in [2.75, 3.05) is 0 Å². The molecule has 130 valence electrons. The molecule has 1 aromatic carbocycles. The van der Waals surface area contributed by atoms with E-state index in [4.69, 9.17) is 5.73 Å². The summed E-state index contributed by atoms with van der Waals surface area (Å²) in [7, 11) is 0. The lowest BCUT2D eigenvalue weighted by molar-refractivity contribution is -0.127. The Kier molecular flexibility index (Phi) is 5.19. The molecule has 3 unspecified atom stereocenters. The number of benzene rings is 1. The topological polar surface area (TPSA) is 83.8 Å². The number of carbonyl (C=O) groups is 1. The van der Waals surface area contributed by atoms with Gasteiger partial charge in [0.2, 0.25) is 5.91 Å². The Morgan fingerprint density at radius 1 is 1.38 bits per heavy atom. The third-order valence-electron chi connectivity index (χ3n) is 4.85. The van der Waals surface area contributed by atoms with Crippen molar-refractivity contribution < 1.29 is 4.79 Å². The first-order valence-corrected chi connectivity index (χ1v) is 9.03. The van der Waals surface area contributed by atoms with E-state index in [9.17, 15) is 4.79 Å². The van der Waals surface area contributed by atoms with E-state index < -0.39 is 0 Å². The summed E-state index contributed by atoms with van der Waals surface area (Å²) in [6, 6.07) is 8.05. The van der Waals surface area contributed by atoms with Gasteiger partial charge in [-0.3, -0.25) is 4.79 Å². The Balaban J connectivity index is 1.77. The lowest BCUT2D eigenvalue weighted by Gasteiger charge is -2.28. The van der Waals surface area contributed by atoms with Gasteiger partial charge in [-0.25, -0.2) is 4.98 Å². The number of hydrogen-bond donors (Lipinski definition) is 3. The van der Waals surface area contributed by atoms with Crippen LogP contribution in [0.3, 0.4) is 0 Å². The third kappa shape index (κ3) is 3.96. The van der Waals surface area contributed by atoms with E-state index in [-0.39, 0.29) is 23.9 Å². The van der Waals surface area contributed by atoms with Gasteiger partial charge in [-0.2, -0.15) is 0 Å². The van der Waals surface area contributed by atoms with Gasteiger partial charge in [0, 0.05) is 12.0 Å². The average Bonchev–Trinajstić information content (AvgIpc) is 2.97. The van der Waals surface area contributed by atoms with Crippen molar-refractivity contribution in [2.24, 2.45) is 17.6 Å². The highest BCUT2D eigenvalue weighted by molar-refractivity contribution is 5.79. The Morgan fingerprint density at radius 2 is 2.17 bits per heavy atom. The molecule has 5 nitrogen and oxygen atoms in total. The normalized spacial score (nSPS) is 22.7. The van der Waals surface area contributed by atoms with Crippen LogP contribution in [-0.4, -0.2) is 21.9 Å². The SMILES string of the molecule is CC(C)CC(NC(=O)C1CCCC(N)C1)c1nc2ccccc2[nH]1. The number of para-hydroxylation sites is 2. The van der Waals surface area contributed by atoms with Crippen LogP contribution in [-0.2, 0) is 4.79 Å². The van der Waals surface area contributed by atoms with Crippen LogP contribution in [0.4, 0.5) is 0 Å². The molecule has 0 aliphatic heterocycles. The van der Waals surface area contributed by atoms with E-state index in [0.29, 0.717) is 5.92 Å². The molecular weight excluding hydrogens is 300 g/mol. The predicted molar refractivity (Wildman–Crippen MR) is 96.4 cm³/mol. The van der Waals surface area contributed by atoms with Crippen molar-refractivity contribution in [3.05, 3.63) is 30.1 Å². The minimum atomic E-state index is -0.0805. The summed E-state index contributed by atoms with van der Waals surface area (Å²) in [5.41, 5.74) is 7.99. The molecule has 1 aliphatic carbocycles. The number of fused-ring (bicyclic) bond motifs is 1. The zero-order valence-corrected chi connectivity index (χ0v) is 14.6. The predicted octanol–water partition coefficient (Wildman–Crippen LogP) is 3.28. The minimum Gasteiger partial charge on any atom is -0.346 e. The van der Waals surface area contributed by atoms with Gasteiger partial charge in [0.05, 0.1) is 17.1 Å². The zero-order chi connectivity index (χ0) is 17.1. The van der Waals surface area contributed by atoms with E-state index in [1.54, 1.807) is 0 Å². The largest absolute Gasteiger partial charge is 0.346 e. The molecule has 24 heavy (non-hydrogen) atoms. The van der Waals surface area contributed by atoms with Gasteiger partial charge in [0.25, 0.3) is 0 Å². The van der Waals surface area contributed by atoms with E-state index >= 15 is 0 Å². The fraction of sp³-hybridized carbons (Fsp3) is 0.579. The van der Waals surface area contributed by atoms with Crippen LogP contribution in [0.25, 0.3) is 11.0 Å². The molecule has 1 heterocycles. The Labute approximate surface area is 143 Å². The number of aromatic nitrogens is 2. The van der Waals surface area contributed by atoms with Gasteiger partial charge < -0.3 is 16.0 Å². The number of hydrogen-bond acceptors (Lipinski definition) is 3. The van der Waals surface area contributed by atoms with Crippen LogP contribution >= 0.6 is 0 Å². The summed E-state index contributed by atoms with van der Waals surface area (Å²) in [6.45, 7) is 4.33. The molecule has 1 aromatic heterocycles. The summed E-state index contributed by atoms with van der Waals surface area (Å²) >= 11 is 0. The number of nitrogens with zero attached hydrogens (tertiary/aromatic N) is 1. The lowest BCUT2D eigenvalue weighted by atomic mass is 9.85.